The average molecular weight is 484 g/mol. The van der Waals surface area contributed by atoms with E-state index in [2.05, 4.69) is 22.0 Å². The Morgan fingerprint density at radius 1 is 1.09 bits per heavy atom. The molecule has 0 aromatic rings. The molecule has 3 aliphatic heterocycles. The van der Waals surface area contributed by atoms with Gasteiger partial charge in [0, 0.05) is 36.0 Å². The van der Waals surface area contributed by atoms with Crippen LogP contribution >= 0.6 is 11.8 Å². The monoisotopic (exact) mass is 483 g/mol. The zero-order chi connectivity index (χ0) is 22.9. The Balaban J connectivity index is 1.30. The van der Waals surface area contributed by atoms with Crippen LogP contribution in [-0.4, -0.2) is 73.3 Å². The minimum Gasteiger partial charge on any atom is -0.342 e. The summed E-state index contributed by atoms with van der Waals surface area (Å²) in [5.74, 6) is 1.22. The van der Waals surface area contributed by atoms with Gasteiger partial charge in [0.15, 0.2) is 0 Å². The van der Waals surface area contributed by atoms with Crippen molar-refractivity contribution in [2.24, 2.45) is 11.8 Å². The molecule has 1 saturated carbocycles. The second-order valence-corrected chi connectivity index (χ2v) is 13.5. The first kappa shape index (κ1) is 24.1. The Labute approximate surface area is 196 Å². The lowest BCUT2D eigenvalue weighted by molar-refractivity contribution is -0.133. The predicted molar refractivity (Wildman–Crippen MR) is 128 cm³/mol. The molecule has 3 atom stereocenters. The number of carbonyl (C=O) groups is 2. The van der Waals surface area contributed by atoms with Gasteiger partial charge in [-0.1, -0.05) is 12.8 Å². The minimum absolute atomic E-state index is 0.00705. The third-order valence-electron chi connectivity index (χ3n) is 7.99. The molecule has 0 bridgehead atoms. The summed E-state index contributed by atoms with van der Waals surface area (Å²) < 4.78 is 24.8. The van der Waals surface area contributed by atoms with E-state index in [1.54, 1.807) is 16.7 Å². The van der Waals surface area contributed by atoms with E-state index >= 15 is 0 Å². The summed E-state index contributed by atoms with van der Waals surface area (Å²) in [6.07, 6.45) is 11.0. The van der Waals surface area contributed by atoms with Crippen LogP contribution in [0, 0.1) is 11.8 Å². The normalized spacial score (nSPS) is 31.9. The number of piperidine rings is 2. The molecular formula is C23H37N3O4S2. The number of amides is 2. The Morgan fingerprint density at radius 2 is 1.78 bits per heavy atom. The Bertz CT molecular complexity index is 864. The number of rotatable bonds is 5. The maximum Gasteiger partial charge on any atom is 0.250 e. The molecule has 3 fully saturated rings. The summed E-state index contributed by atoms with van der Waals surface area (Å²) in [5, 5.41) is 2.11. The highest BCUT2D eigenvalue weighted by Crippen LogP contribution is 2.49. The minimum atomic E-state index is -3.37. The van der Waals surface area contributed by atoms with Crippen LogP contribution in [0.3, 0.4) is 0 Å². The molecule has 7 nitrogen and oxygen atoms in total. The van der Waals surface area contributed by atoms with Crippen LogP contribution in [0.2, 0.25) is 0 Å². The van der Waals surface area contributed by atoms with Gasteiger partial charge in [0.2, 0.25) is 15.9 Å². The number of nitrogens with one attached hydrogen (secondary N) is 1. The number of hydrogen-bond acceptors (Lipinski definition) is 5. The van der Waals surface area contributed by atoms with Crippen molar-refractivity contribution in [1.82, 2.24) is 14.5 Å². The first-order valence-corrected chi connectivity index (χ1v) is 14.8. The Hall–Kier alpha value is -1.06. The molecule has 0 aromatic heterocycles. The predicted octanol–water partition coefficient (Wildman–Crippen LogP) is 2.73. The SMILES string of the molecule is CC1(C2CCN(C(=O)CNS(C)(=O)=O)CC2)CC(C(=O)N2CCCC3CCCCC32)=CS1. The van der Waals surface area contributed by atoms with E-state index in [0.29, 0.717) is 31.0 Å². The Morgan fingerprint density at radius 3 is 2.50 bits per heavy atom. The average Bonchev–Trinajstić information content (AvgIpc) is 3.19. The van der Waals surface area contributed by atoms with Crippen LogP contribution < -0.4 is 4.72 Å². The molecule has 9 heteroatoms. The van der Waals surface area contributed by atoms with Gasteiger partial charge in [-0.2, -0.15) is 0 Å². The highest BCUT2D eigenvalue weighted by Gasteiger charge is 2.44. The van der Waals surface area contributed by atoms with Gasteiger partial charge in [-0.25, -0.2) is 13.1 Å². The van der Waals surface area contributed by atoms with Crippen molar-refractivity contribution < 1.29 is 18.0 Å². The van der Waals surface area contributed by atoms with Crippen molar-refractivity contribution in [3.05, 3.63) is 11.0 Å². The second kappa shape index (κ2) is 9.66. The van der Waals surface area contributed by atoms with E-state index in [1.165, 1.54) is 25.7 Å². The smallest absolute Gasteiger partial charge is 0.250 e. The molecular weight excluding hydrogens is 446 g/mol. The summed E-state index contributed by atoms with van der Waals surface area (Å²) in [6.45, 7) is 4.28. The van der Waals surface area contributed by atoms with Crippen LogP contribution in [-0.2, 0) is 19.6 Å². The topological polar surface area (TPSA) is 86.8 Å². The van der Waals surface area contributed by atoms with Gasteiger partial charge in [0.25, 0.3) is 5.91 Å². The maximum absolute atomic E-state index is 13.5. The highest BCUT2D eigenvalue weighted by atomic mass is 32.2. The molecule has 2 saturated heterocycles. The molecule has 4 aliphatic rings. The molecule has 32 heavy (non-hydrogen) atoms. The summed E-state index contributed by atoms with van der Waals surface area (Å²) in [6, 6.07) is 0.442. The molecule has 0 aromatic carbocycles. The van der Waals surface area contributed by atoms with E-state index < -0.39 is 10.0 Å². The lowest BCUT2D eigenvalue weighted by atomic mass is 9.77. The van der Waals surface area contributed by atoms with Gasteiger partial charge in [-0.3, -0.25) is 9.59 Å². The molecule has 2 amide bonds. The first-order valence-electron chi connectivity index (χ1n) is 12.1. The summed E-state index contributed by atoms with van der Waals surface area (Å²) in [5.41, 5.74) is 0.972. The van der Waals surface area contributed by atoms with Gasteiger partial charge in [0.05, 0.1) is 12.8 Å². The van der Waals surface area contributed by atoms with Crippen molar-refractivity contribution >= 4 is 33.6 Å². The number of likely N-dealkylation sites (tertiary alicyclic amines) is 2. The largest absolute Gasteiger partial charge is 0.342 e. The number of sulfonamides is 1. The van der Waals surface area contributed by atoms with Crippen LogP contribution in [0.15, 0.2) is 11.0 Å². The third kappa shape index (κ3) is 5.36. The van der Waals surface area contributed by atoms with Crippen molar-refractivity contribution in [1.29, 1.82) is 0 Å². The zero-order valence-corrected chi connectivity index (χ0v) is 21.0. The van der Waals surface area contributed by atoms with E-state index in [-0.39, 0.29) is 23.1 Å². The van der Waals surface area contributed by atoms with Gasteiger partial charge in [0.1, 0.15) is 0 Å². The molecule has 3 unspecified atom stereocenters. The number of carbonyl (C=O) groups excluding carboxylic acids is 2. The van der Waals surface area contributed by atoms with Gasteiger partial charge in [-0.05, 0) is 69.1 Å². The lowest BCUT2D eigenvalue weighted by Gasteiger charge is -2.44. The van der Waals surface area contributed by atoms with Crippen LogP contribution in [0.4, 0.5) is 0 Å². The van der Waals surface area contributed by atoms with E-state index in [1.807, 2.05) is 0 Å². The standard InChI is InChI=1S/C23H37N3O4S2/c1-23(19-9-12-25(13-10-19)21(27)15-24-32(2,29)30)14-18(16-31-23)22(28)26-11-5-7-17-6-3-4-8-20(17)26/h16-17,19-20,24H,3-15H2,1-2H3. The molecule has 0 radical (unpaired) electrons. The first-order chi connectivity index (χ1) is 15.2. The fourth-order valence-electron chi connectivity index (χ4n) is 6.14. The molecule has 180 valence electrons. The van der Waals surface area contributed by atoms with E-state index in [9.17, 15) is 18.0 Å². The highest BCUT2D eigenvalue weighted by molar-refractivity contribution is 8.03. The number of thioether (sulfide) groups is 1. The molecule has 1 N–H and O–H groups in total. The number of fused-ring (bicyclic) bond motifs is 1. The van der Waals surface area contributed by atoms with E-state index in [4.69, 9.17) is 0 Å². The number of hydrogen-bond donors (Lipinski definition) is 1. The molecule has 3 heterocycles. The maximum atomic E-state index is 13.5. The number of nitrogens with zero attached hydrogens (tertiary/aromatic N) is 2. The molecule has 0 spiro atoms. The van der Waals surface area contributed by atoms with Gasteiger partial charge < -0.3 is 9.80 Å². The Kier molecular flexibility index (Phi) is 7.27. The fourth-order valence-corrected chi connectivity index (χ4v) is 7.79. The fraction of sp³-hybridized carbons (Fsp3) is 0.826. The molecule has 1 aliphatic carbocycles. The second-order valence-electron chi connectivity index (χ2n) is 10.3. The van der Waals surface area contributed by atoms with Crippen molar-refractivity contribution in [3.8, 4) is 0 Å². The van der Waals surface area contributed by atoms with Crippen LogP contribution in [0.5, 0.6) is 0 Å². The van der Waals surface area contributed by atoms with Crippen molar-refractivity contribution in [3.63, 3.8) is 0 Å². The lowest BCUT2D eigenvalue weighted by Crippen LogP contribution is -2.50. The third-order valence-corrected chi connectivity index (χ3v) is 10.1. The van der Waals surface area contributed by atoms with Crippen LogP contribution in [0.1, 0.15) is 64.7 Å². The van der Waals surface area contributed by atoms with Gasteiger partial charge in [-0.15, -0.1) is 11.8 Å². The van der Waals surface area contributed by atoms with Gasteiger partial charge >= 0.3 is 0 Å². The van der Waals surface area contributed by atoms with Crippen molar-refractivity contribution in [2.75, 3.05) is 32.4 Å². The quantitative estimate of drug-likeness (QED) is 0.650. The summed E-state index contributed by atoms with van der Waals surface area (Å²) >= 11 is 1.80. The molecule has 4 rings (SSSR count). The summed E-state index contributed by atoms with van der Waals surface area (Å²) in [7, 11) is -3.37. The summed E-state index contributed by atoms with van der Waals surface area (Å²) in [4.78, 5) is 29.7. The zero-order valence-electron chi connectivity index (χ0n) is 19.3. The van der Waals surface area contributed by atoms with Crippen LogP contribution in [0.25, 0.3) is 0 Å². The van der Waals surface area contributed by atoms with E-state index in [0.717, 1.165) is 50.5 Å². The van der Waals surface area contributed by atoms with Crippen molar-refractivity contribution in [2.45, 2.75) is 75.5 Å².